The first-order valence-corrected chi connectivity index (χ1v) is 9.33. The minimum atomic E-state index is -0.603. The molecule has 11 heteroatoms. The number of hydrogen-bond acceptors (Lipinski definition) is 7. The van der Waals surface area contributed by atoms with Gasteiger partial charge in [-0.2, -0.15) is 0 Å². The molecule has 0 saturated carbocycles. The van der Waals surface area contributed by atoms with E-state index < -0.39 is 4.92 Å². The van der Waals surface area contributed by atoms with Crippen LogP contribution < -0.4 is 5.32 Å². The van der Waals surface area contributed by atoms with E-state index in [1.54, 1.807) is 4.90 Å². The molecule has 0 atom stereocenters. The average molecular weight is 408 g/mol. The summed E-state index contributed by atoms with van der Waals surface area (Å²) in [6.45, 7) is 9.05. The number of ether oxygens (including phenoxy) is 2. The molecule has 1 aromatic rings. The highest BCUT2D eigenvalue weighted by atomic mass is 16.6. The number of rotatable bonds is 13. The van der Waals surface area contributed by atoms with Crippen molar-refractivity contribution in [1.82, 2.24) is 4.90 Å². The molecule has 0 aromatic heterocycles. The quantitative estimate of drug-likeness (QED) is 0.174. The lowest BCUT2D eigenvalue weighted by Gasteiger charge is -2.24. The second-order valence-electron chi connectivity index (χ2n) is 6.72. The van der Waals surface area contributed by atoms with E-state index >= 15 is 0 Å². The molecule has 0 aliphatic heterocycles. The van der Waals surface area contributed by atoms with Gasteiger partial charge in [-0.05, 0) is 39.3 Å². The minimum absolute atomic E-state index is 0.0502. The van der Waals surface area contributed by atoms with Crippen LogP contribution in [0.2, 0.25) is 0 Å². The Labute approximate surface area is 169 Å². The summed E-state index contributed by atoms with van der Waals surface area (Å²) < 4.78 is 11.0. The highest BCUT2D eigenvalue weighted by Crippen LogP contribution is 2.29. The smallest absolute Gasteiger partial charge is 0.292 e. The van der Waals surface area contributed by atoms with Gasteiger partial charge in [0.1, 0.15) is 5.69 Å². The highest BCUT2D eigenvalue weighted by molar-refractivity contribution is 5.82. The van der Waals surface area contributed by atoms with Crippen LogP contribution in [0.25, 0.3) is 10.4 Å². The van der Waals surface area contributed by atoms with Gasteiger partial charge in [-0.25, -0.2) is 0 Å². The van der Waals surface area contributed by atoms with E-state index in [1.165, 1.54) is 12.1 Å². The number of amides is 1. The van der Waals surface area contributed by atoms with E-state index in [0.29, 0.717) is 26.3 Å². The van der Waals surface area contributed by atoms with E-state index in [4.69, 9.17) is 15.0 Å². The van der Waals surface area contributed by atoms with Crippen molar-refractivity contribution in [3.05, 3.63) is 38.8 Å². The summed E-state index contributed by atoms with van der Waals surface area (Å²) in [5.74, 6) is -0.238. The molecule has 1 rings (SSSR count). The predicted octanol–water partition coefficient (Wildman–Crippen LogP) is 3.63. The fraction of sp³-hybridized carbons (Fsp3) is 0.611. The number of nitrogens with one attached hydrogen (secondary N) is 1. The zero-order chi connectivity index (χ0) is 21.8. The highest BCUT2D eigenvalue weighted by Gasteiger charge is 2.18. The molecule has 0 unspecified atom stereocenters. The second-order valence-corrected chi connectivity index (χ2v) is 6.72. The molecular weight excluding hydrogens is 380 g/mol. The van der Waals surface area contributed by atoms with Crippen molar-refractivity contribution in [2.75, 3.05) is 38.2 Å². The molecule has 0 saturated heterocycles. The third-order valence-electron chi connectivity index (χ3n) is 3.75. The Balaban J connectivity index is 2.79. The van der Waals surface area contributed by atoms with E-state index in [1.807, 2.05) is 27.7 Å². The molecule has 11 nitrogen and oxygen atoms in total. The van der Waals surface area contributed by atoms with Crippen LogP contribution in [0.4, 0.5) is 17.1 Å². The Morgan fingerprint density at radius 2 is 1.83 bits per heavy atom. The fourth-order valence-electron chi connectivity index (χ4n) is 2.38. The van der Waals surface area contributed by atoms with Gasteiger partial charge in [0.15, 0.2) is 0 Å². The maximum absolute atomic E-state index is 12.6. The number of nitro groups is 1. The number of nitro benzene ring substituents is 1. The third kappa shape index (κ3) is 9.24. The lowest BCUT2D eigenvalue weighted by atomic mass is 10.2. The molecule has 1 aromatic carbocycles. The van der Waals surface area contributed by atoms with Crippen molar-refractivity contribution >= 4 is 23.0 Å². The molecule has 0 bridgehead atoms. The number of nitrogens with zero attached hydrogens (tertiary/aromatic N) is 5. The van der Waals surface area contributed by atoms with E-state index in [-0.39, 0.29) is 41.7 Å². The largest absolute Gasteiger partial charge is 0.377 e. The monoisotopic (exact) mass is 408 g/mol. The van der Waals surface area contributed by atoms with Gasteiger partial charge in [-0.3, -0.25) is 14.9 Å². The molecule has 0 radical (unpaired) electrons. The van der Waals surface area contributed by atoms with Crippen molar-refractivity contribution in [2.24, 2.45) is 5.11 Å². The summed E-state index contributed by atoms with van der Waals surface area (Å²) in [5.41, 5.74) is 8.47. The van der Waals surface area contributed by atoms with Crippen molar-refractivity contribution < 1.29 is 19.2 Å². The standard InChI is InChI=1S/C18H28N6O5/c1-13(2)28-9-7-23(8-10-29-14(3)4)18(25)12-20-16-6-5-15(21-22-19)11-17(16)24(26)27/h5-6,11,13-14,20H,7-10,12H2,1-4H3. The van der Waals surface area contributed by atoms with Gasteiger partial charge >= 0.3 is 0 Å². The van der Waals surface area contributed by atoms with Crippen LogP contribution in [0, 0.1) is 10.1 Å². The third-order valence-corrected chi connectivity index (χ3v) is 3.75. The summed E-state index contributed by atoms with van der Waals surface area (Å²) in [7, 11) is 0. The Bertz CT molecular complexity index is 719. The lowest BCUT2D eigenvalue weighted by molar-refractivity contribution is -0.383. The molecule has 0 aliphatic rings. The van der Waals surface area contributed by atoms with Gasteiger partial charge < -0.3 is 19.7 Å². The second kappa shape index (κ2) is 12.6. The average Bonchev–Trinajstić information content (AvgIpc) is 2.65. The van der Waals surface area contributed by atoms with E-state index in [0.717, 1.165) is 6.07 Å². The number of hydrogen-bond donors (Lipinski definition) is 1. The summed E-state index contributed by atoms with van der Waals surface area (Å²) in [6.07, 6.45) is 0.100. The van der Waals surface area contributed by atoms with Crippen LogP contribution >= 0.6 is 0 Å². The molecule has 160 valence electrons. The molecule has 1 N–H and O–H groups in total. The van der Waals surface area contributed by atoms with Gasteiger partial charge in [-0.1, -0.05) is 11.2 Å². The van der Waals surface area contributed by atoms with Crippen molar-refractivity contribution in [3.8, 4) is 0 Å². The first-order valence-electron chi connectivity index (χ1n) is 9.33. The Hall–Kier alpha value is -2.88. The van der Waals surface area contributed by atoms with E-state index in [2.05, 4.69) is 15.3 Å². The number of anilines is 1. The number of carbonyl (C=O) groups is 1. The van der Waals surface area contributed by atoms with Gasteiger partial charge in [0.05, 0.1) is 36.9 Å². The van der Waals surface area contributed by atoms with Crippen LogP contribution in [0.1, 0.15) is 27.7 Å². The topological polar surface area (TPSA) is 143 Å². The zero-order valence-electron chi connectivity index (χ0n) is 17.2. The number of carbonyl (C=O) groups excluding carboxylic acids is 1. The molecular formula is C18H28N6O5. The van der Waals surface area contributed by atoms with Crippen LogP contribution in [-0.4, -0.2) is 60.8 Å². The van der Waals surface area contributed by atoms with E-state index in [9.17, 15) is 14.9 Å². The van der Waals surface area contributed by atoms with Crippen molar-refractivity contribution in [2.45, 2.75) is 39.9 Å². The SMILES string of the molecule is CC(C)OCCN(CCOC(C)C)C(=O)CNc1ccc(N=[N+]=[N-])cc1[N+](=O)[O-]. The molecule has 0 heterocycles. The Morgan fingerprint density at radius 3 is 2.31 bits per heavy atom. The summed E-state index contributed by atoms with van der Waals surface area (Å²) in [6, 6.07) is 3.99. The van der Waals surface area contributed by atoms with Crippen LogP contribution in [0.3, 0.4) is 0 Å². The number of benzene rings is 1. The Morgan fingerprint density at radius 1 is 1.24 bits per heavy atom. The maximum Gasteiger partial charge on any atom is 0.292 e. The normalized spacial score (nSPS) is 10.7. The molecule has 1 amide bonds. The first-order chi connectivity index (χ1) is 13.7. The Kier molecular flexibility index (Phi) is 10.5. The van der Waals surface area contributed by atoms with Gasteiger partial charge in [-0.15, -0.1) is 0 Å². The van der Waals surface area contributed by atoms with Gasteiger partial charge in [0.25, 0.3) is 5.69 Å². The van der Waals surface area contributed by atoms with Gasteiger partial charge in [0.2, 0.25) is 5.91 Å². The lowest BCUT2D eigenvalue weighted by Crippen LogP contribution is -2.40. The van der Waals surface area contributed by atoms with Crippen LogP contribution in [0.5, 0.6) is 0 Å². The predicted molar refractivity (Wildman–Crippen MR) is 109 cm³/mol. The van der Waals surface area contributed by atoms with Crippen molar-refractivity contribution in [1.29, 1.82) is 0 Å². The molecule has 29 heavy (non-hydrogen) atoms. The molecule has 0 fully saturated rings. The van der Waals surface area contributed by atoms with Crippen LogP contribution in [-0.2, 0) is 14.3 Å². The summed E-state index contributed by atoms with van der Waals surface area (Å²) in [5, 5.41) is 17.4. The zero-order valence-corrected chi connectivity index (χ0v) is 17.2. The summed E-state index contributed by atoms with van der Waals surface area (Å²) in [4.78, 5) is 27.5. The van der Waals surface area contributed by atoms with Crippen molar-refractivity contribution in [3.63, 3.8) is 0 Å². The van der Waals surface area contributed by atoms with Crippen LogP contribution in [0.15, 0.2) is 23.3 Å². The molecule has 0 aliphatic carbocycles. The first kappa shape index (κ1) is 24.2. The summed E-state index contributed by atoms with van der Waals surface area (Å²) >= 11 is 0. The minimum Gasteiger partial charge on any atom is -0.377 e. The molecule has 0 spiro atoms. The fourth-order valence-corrected chi connectivity index (χ4v) is 2.38. The maximum atomic E-state index is 12.6. The number of azide groups is 1. The van der Waals surface area contributed by atoms with Gasteiger partial charge in [0, 0.05) is 29.8 Å².